The molecule has 178 valence electrons. The molecule has 0 bridgehead atoms. The van der Waals surface area contributed by atoms with Gasteiger partial charge in [0.1, 0.15) is 12.0 Å². The van der Waals surface area contributed by atoms with Gasteiger partial charge in [-0.3, -0.25) is 4.99 Å². The number of guanidine groups is 1. The zero-order chi connectivity index (χ0) is 23.0. The van der Waals surface area contributed by atoms with Crippen LogP contribution in [0.4, 0.5) is 13.2 Å². The normalized spacial score (nSPS) is 11.6. The molecule has 1 aromatic heterocycles. The van der Waals surface area contributed by atoms with Gasteiger partial charge >= 0.3 is 6.18 Å². The number of aliphatic imine (C=N–C) groups is 1. The maximum absolute atomic E-state index is 12.2. The van der Waals surface area contributed by atoms with Crippen LogP contribution < -0.4 is 15.4 Å². The van der Waals surface area contributed by atoms with Crippen LogP contribution in [-0.4, -0.2) is 37.3 Å². The van der Waals surface area contributed by atoms with Crippen molar-refractivity contribution in [2.75, 3.05) is 20.2 Å². The van der Waals surface area contributed by atoms with Gasteiger partial charge in [0.15, 0.2) is 12.6 Å². The Kier molecular flexibility index (Phi) is 10.0. The Morgan fingerprint density at radius 1 is 1.06 bits per heavy atom. The van der Waals surface area contributed by atoms with Gasteiger partial charge in [0.05, 0.1) is 5.69 Å². The number of hydrogen-bond donors (Lipinski definition) is 2. The van der Waals surface area contributed by atoms with Gasteiger partial charge < -0.3 is 19.8 Å². The minimum absolute atomic E-state index is 0. The number of hydrogen-bond acceptors (Lipinski definition) is 4. The first-order valence-corrected chi connectivity index (χ1v) is 10.1. The van der Waals surface area contributed by atoms with Crippen LogP contribution in [0.15, 0.2) is 64.2 Å². The first-order valence-electron chi connectivity index (χ1n) is 10.1. The highest BCUT2D eigenvalue weighted by Gasteiger charge is 2.28. The summed E-state index contributed by atoms with van der Waals surface area (Å²) in [6.07, 6.45) is -2.05. The molecule has 0 aliphatic rings. The molecule has 1 heterocycles. The number of rotatable bonds is 8. The lowest BCUT2D eigenvalue weighted by Gasteiger charge is -2.12. The number of alkyl halides is 3. The second-order valence-corrected chi connectivity index (χ2v) is 7.16. The Bertz CT molecular complexity index is 1020. The molecule has 10 heteroatoms. The Hall–Kier alpha value is -2.76. The van der Waals surface area contributed by atoms with Crippen LogP contribution in [0.3, 0.4) is 0 Å². The molecule has 0 radical (unpaired) electrons. The van der Waals surface area contributed by atoms with Gasteiger partial charge in [-0.25, -0.2) is 4.98 Å². The quantitative estimate of drug-likeness (QED) is 0.222. The zero-order valence-corrected chi connectivity index (χ0v) is 20.6. The molecule has 3 aromatic rings. The van der Waals surface area contributed by atoms with Gasteiger partial charge in [-0.1, -0.05) is 29.8 Å². The van der Waals surface area contributed by atoms with Crippen molar-refractivity contribution in [1.29, 1.82) is 0 Å². The van der Waals surface area contributed by atoms with E-state index >= 15 is 0 Å². The first-order chi connectivity index (χ1) is 15.3. The number of oxazole rings is 1. The van der Waals surface area contributed by atoms with Crippen molar-refractivity contribution in [3.05, 3.63) is 71.6 Å². The van der Waals surface area contributed by atoms with Gasteiger partial charge in [0.2, 0.25) is 5.89 Å². The lowest BCUT2D eigenvalue weighted by Crippen LogP contribution is -2.37. The molecule has 0 unspecified atom stereocenters. The van der Waals surface area contributed by atoms with Gasteiger partial charge in [0.25, 0.3) is 0 Å². The summed E-state index contributed by atoms with van der Waals surface area (Å²) in [6.45, 7) is 1.78. The van der Waals surface area contributed by atoms with Crippen LogP contribution in [0.1, 0.15) is 16.8 Å². The summed E-state index contributed by atoms with van der Waals surface area (Å²) in [5.41, 5.74) is 3.82. The molecule has 0 aliphatic carbocycles. The summed E-state index contributed by atoms with van der Waals surface area (Å²) >= 11 is 0. The average molecular weight is 574 g/mol. The molecule has 2 N–H and O–H groups in total. The van der Waals surface area contributed by atoms with E-state index in [9.17, 15) is 13.2 Å². The van der Waals surface area contributed by atoms with Crippen molar-refractivity contribution in [3.8, 4) is 17.2 Å². The number of nitrogens with one attached hydrogen (secondary N) is 2. The summed E-state index contributed by atoms with van der Waals surface area (Å²) in [7, 11) is 1.66. The van der Waals surface area contributed by atoms with Crippen molar-refractivity contribution < 1.29 is 22.3 Å². The largest absolute Gasteiger partial charge is 0.484 e. The number of nitrogens with zero attached hydrogens (tertiary/aromatic N) is 2. The topological polar surface area (TPSA) is 71.7 Å². The Morgan fingerprint density at radius 2 is 1.76 bits per heavy atom. The lowest BCUT2D eigenvalue weighted by molar-refractivity contribution is -0.153. The highest BCUT2D eigenvalue weighted by atomic mass is 127. The molecule has 0 amide bonds. The molecular weight excluding hydrogens is 548 g/mol. The van der Waals surface area contributed by atoms with E-state index in [0.717, 1.165) is 16.8 Å². The van der Waals surface area contributed by atoms with Crippen molar-refractivity contribution in [2.45, 2.75) is 26.1 Å². The number of halogens is 4. The Balaban J connectivity index is 0.00000385. The van der Waals surface area contributed by atoms with Crippen LogP contribution in [0.2, 0.25) is 0 Å². The van der Waals surface area contributed by atoms with E-state index in [4.69, 9.17) is 9.15 Å². The zero-order valence-electron chi connectivity index (χ0n) is 18.3. The SMILES string of the molecule is CN=C(NCCc1coc(-c2ccc(C)cc2)n1)NCc1ccc(OCC(F)(F)F)cc1.I. The Labute approximate surface area is 207 Å². The van der Waals surface area contributed by atoms with E-state index in [1.807, 2.05) is 31.2 Å². The van der Waals surface area contributed by atoms with Crippen molar-refractivity contribution in [3.63, 3.8) is 0 Å². The third-order valence-corrected chi connectivity index (χ3v) is 4.53. The second-order valence-electron chi connectivity index (χ2n) is 7.16. The molecule has 2 aromatic carbocycles. The third-order valence-electron chi connectivity index (χ3n) is 4.53. The van der Waals surface area contributed by atoms with Crippen LogP contribution in [0, 0.1) is 6.92 Å². The van der Waals surface area contributed by atoms with Crippen molar-refractivity contribution in [1.82, 2.24) is 15.6 Å². The predicted molar refractivity (Wildman–Crippen MR) is 132 cm³/mol. The average Bonchev–Trinajstić information content (AvgIpc) is 3.24. The van der Waals surface area contributed by atoms with E-state index < -0.39 is 12.8 Å². The Morgan fingerprint density at radius 3 is 2.39 bits per heavy atom. The smallest absolute Gasteiger partial charge is 0.422 e. The summed E-state index contributed by atoms with van der Waals surface area (Å²) in [5, 5.41) is 6.36. The molecule has 0 saturated heterocycles. The van der Waals surface area contributed by atoms with Gasteiger partial charge in [-0.05, 0) is 36.8 Å². The molecule has 3 rings (SSSR count). The minimum Gasteiger partial charge on any atom is -0.484 e. The summed E-state index contributed by atoms with van der Waals surface area (Å²) in [4.78, 5) is 8.69. The third kappa shape index (κ3) is 8.95. The predicted octanol–water partition coefficient (Wildman–Crippen LogP) is 5.12. The molecule has 0 aliphatic heterocycles. The van der Waals surface area contributed by atoms with E-state index in [2.05, 4.69) is 20.6 Å². The molecule has 0 spiro atoms. The molecule has 0 fully saturated rings. The van der Waals surface area contributed by atoms with Gasteiger partial charge in [-0.2, -0.15) is 13.2 Å². The summed E-state index contributed by atoms with van der Waals surface area (Å²) < 4.78 is 46.9. The van der Waals surface area contributed by atoms with E-state index in [1.54, 1.807) is 25.4 Å². The molecular formula is C23H26F3IN4O2. The second kappa shape index (κ2) is 12.5. The van der Waals surface area contributed by atoms with Crippen LogP contribution in [-0.2, 0) is 13.0 Å². The van der Waals surface area contributed by atoms with E-state index in [-0.39, 0.29) is 29.7 Å². The minimum atomic E-state index is -4.35. The number of benzene rings is 2. The lowest BCUT2D eigenvalue weighted by atomic mass is 10.1. The summed E-state index contributed by atoms with van der Waals surface area (Å²) in [6, 6.07) is 14.4. The monoisotopic (exact) mass is 574 g/mol. The number of aromatic nitrogens is 1. The molecule has 0 atom stereocenters. The first kappa shape index (κ1) is 26.5. The fourth-order valence-corrected chi connectivity index (χ4v) is 2.83. The maximum Gasteiger partial charge on any atom is 0.422 e. The fourth-order valence-electron chi connectivity index (χ4n) is 2.83. The van der Waals surface area contributed by atoms with Crippen LogP contribution in [0.25, 0.3) is 11.5 Å². The standard InChI is InChI=1S/C23H25F3N4O2.HI/c1-16-3-7-18(8-4-16)21-30-19(14-31-21)11-12-28-22(27-2)29-13-17-5-9-20(10-6-17)32-15-23(24,25)26;/h3-10,14H,11-13,15H2,1-2H3,(H2,27,28,29);1H. The van der Waals surface area contributed by atoms with Gasteiger partial charge in [-0.15, -0.1) is 24.0 Å². The summed E-state index contributed by atoms with van der Waals surface area (Å²) in [5.74, 6) is 1.36. The fraction of sp³-hybridized carbons (Fsp3) is 0.304. The van der Waals surface area contributed by atoms with E-state index in [0.29, 0.717) is 31.4 Å². The molecule has 33 heavy (non-hydrogen) atoms. The van der Waals surface area contributed by atoms with Crippen LogP contribution in [0.5, 0.6) is 5.75 Å². The maximum atomic E-state index is 12.2. The van der Waals surface area contributed by atoms with Crippen molar-refractivity contribution >= 4 is 29.9 Å². The molecule has 0 saturated carbocycles. The van der Waals surface area contributed by atoms with Crippen molar-refractivity contribution in [2.24, 2.45) is 4.99 Å². The molecule has 6 nitrogen and oxygen atoms in total. The highest BCUT2D eigenvalue weighted by Crippen LogP contribution is 2.20. The van der Waals surface area contributed by atoms with Crippen LogP contribution >= 0.6 is 24.0 Å². The van der Waals surface area contributed by atoms with E-state index in [1.165, 1.54) is 17.7 Å². The highest BCUT2D eigenvalue weighted by molar-refractivity contribution is 14.0. The number of aryl methyl sites for hydroxylation is 1. The number of ether oxygens (including phenoxy) is 1. The van der Waals surface area contributed by atoms with Gasteiger partial charge in [0, 0.05) is 32.1 Å².